The summed E-state index contributed by atoms with van der Waals surface area (Å²) in [6.45, 7) is 4.10. The number of fused-ring (bicyclic) bond motifs is 1. The second kappa shape index (κ2) is 5.24. The van der Waals surface area contributed by atoms with Crippen molar-refractivity contribution in [3.05, 3.63) is 29.8 Å². The molecule has 0 aromatic heterocycles. The molecule has 2 unspecified atom stereocenters. The van der Waals surface area contributed by atoms with Gasteiger partial charge >= 0.3 is 0 Å². The molecule has 1 saturated carbocycles. The van der Waals surface area contributed by atoms with Gasteiger partial charge in [-0.05, 0) is 43.7 Å². The molecule has 3 rings (SSSR count). The highest BCUT2D eigenvalue weighted by Gasteiger charge is 2.37. The topological polar surface area (TPSA) is 29.5 Å². The minimum absolute atomic E-state index is 0.134. The summed E-state index contributed by atoms with van der Waals surface area (Å²) in [4.78, 5) is 14.1. The van der Waals surface area contributed by atoms with E-state index >= 15 is 0 Å². The van der Waals surface area contributed by atoms with Crippen LogP contribution in [0, 0.1) is 18.8 Å². The zero-order chi connectivity index (χ0) is 13.2. The van der Waals surface area contributed by atoms with Gasteiger partial charge < -0.3 is 9.64 Å². The maximum atomic E-state index is 12.1. The maximum Gasteiger partial charge on any atom is 0.260 e. The van der Waals surface area contributed by atoms with Gasteiger partial charge in [0, 0.05) is 13.1 Å². The van der Waals surface area contributed by atoms with Crippen molar-refractivity contribution in [1.82, 2.24) is 4.90 Å². The van der Waals surface area contributed by atoms with Crippen LogP contribution in [-0.4, -0.2) is 30.5 Å². The van der Waals surface area contributed by atoms with E-state index < -0.39 is 0 Å². The highest BCUT2D eigenvalue weighted by Crippen LogP contribution is 2.37. The molecule has 1 aliphatic heterocycles. The fourth-order valence-corrected chi connectivity index (χ4v) is 3.31. The Morgan fingerprint density at radius 1 is 1.21 bits per heavy atom. The average Bonchev–Trinajstić information content (AvgIpc) is 2.98. The van der Waals surface area contributed by atoms with Gasteiger partial charge in [0.1, 0.15) is 5.75 Å². The second-order valence-corrected chi connectivity index (χ2v) is 5.85. The van der Waals surface area contributed by atoms with Crippen molar-refractivity contribution in [2.75, 3.05) is 19.7 Å². The maximum absolute atomic E-state index is 12.1. The van der Waals surface area contributed by atoms with Gasteiger partial charge in [-0.1, -0.05) is 24.1 Å². The van der Waals surface area contributed by atoms with Gasteiger partial charge in [-0.15, -0.1) is 0 Å². The summed E-state index contributed by atoms with van der Waals surface area (Å²) >= 11 is 0. The summed E-state index contributed by atoms with van der Waals surface area (Å²) in [6, 6.07) is 7.84. The van der Waals surface area contributed by atoms with Crippen LogP contribution in [0.4, 0.5) is 0 Å². The molecule has 1 saturated heterocycles. The Labute approximate surface area is 114 Å². The number of carbonyl (C=O) groups is 1. The molecule has 2 atom stereocenters. The van der Waals surface area contributed by atoms with E-state index in [0.717, 1.165) is 30.7 Å². The lowest BCUT2D eigenvalue weighted by Crippen LogP contribution is -2.33. The van der Waals surface area contributed by atoms with E-state index in [2.05, 4.69) is 0 Å². The predicted octanol–water partition coefficient (Wildman–Crippen LogP) is 2.63. The molecule has 2 fully saturated rings. The van der Waals surface area contributed by atoms with Crippen molar-refractivity contribution in [2.24, 2.45) is 11.8 Å². The van der Waals surface area contributed by atoms with Crippen LogP contribution in [0.15, 0.2) is 24.3 Å². The molecule has 1 heterocycles. The van der Waals surface area contributed by atoms with Crippen LogP contribution in [0.1, 0.15) is 24.8 Å². The van der Waals surface area contributed by atoms with Crippen molar-refractivity contribution in [3.63, 3.8) is 0 Å². The summed E-state index contributed by atoms with van der Waals surface area (Å²) in [7, 11) is 0. The molecule has 102 valence electrons. The molecule has 1 amide bonds. The molecule has 0 bridgehead atoms. The van der Waals surface area contributed by atoms with E-state index in [1.54, 1.807) is 0 Å². The van der Waals surface area contributed by atoms with Gasteiger partial charge in [0.15, 0.2) is 6.61 Å². The Balaban J connectivity index is 1.50. The predicted molar refractivity (Wildman–Crippen MR) is 74.1 cm³/mol. The standard InChI is InChI=1S/C16H21NO2/c1-12-5-7-15(8-6-12)19-11-16(18)17-9-13-3-2-4-14(13)10-17/h5-8,13-14H,2-4,9-11H2,1H3. The average molecular weight is 259 g/mol. The number of amides is 1. The Bertz CT molecular complexity index is 442. The molecule has 0 N–H and O–H groups in total. The van der Waals surface area contributed by atoms with Gasteiger partial charge in [0.25, 0.3) is 5.91 Å². The minimum atomic E-state index is 0.134. The van der Waals surface area contributed by atoms with Gasteiger partial charge in [-0.2, -0.15) is 0 Å². The van der Waals surface area contributed by atoms with E-state index in [-0.39, 0.29) is 12.5 Å². The Kier molecular flexibility index (Phi) is 3.45. The molecular formula is C16H21NO2. The van der Waals surface area contributed by atoms with Crippen molar-refractivity contribution >= 4 is 5.91 Å². The van der Waals surface area contributed by atoms with Crippen LogP contribution in [0.5, 0.6) is 5.75 Å². The van der Waals surface area contributed by atoms with Crippen molar-refractivity contribution in [1.29, 1.82) is 0 Å². The first-order chi connectivity index (χ1) is 9.22. The molecule has 19 heavy (non-hydrogen) atoms. The normalized spacial score (nSPS) is 25.4. The second-order valence-electron chi connectivity index (χ2n) is 5.85. The lowest BCUT2D eigenvalue weighted by atomic mass is 10.0. The summed E-state index contributed by atoms with van der Waals surface area (Å²) in [5.41, 5.74) is 1.20. The first kappa shape index (κ1) is 12.5. The molecule has 3 nitrogen and oxygen atoms in total. The minimum Gasteiger partial charge on any atom is -0.484 e. The molecule has 0 spiro atoms. The number of nitrogens with zero attached hydrogens (tertiary/aromatic N) is 1. The monoisotopic (exact) mass is 259 g/mol. The third kappa shape index (κ3) is 2.75. The number of ether oxygens (including phenoxy) is 1. The molecule has 2 aliphatic rings. The molecular weight excluding hydrogens is 238 g/mol. The molecule has 1 aromatic rings. The Morgan fingerprint density at radius 2 is 1.84 bits per heavy atom. The Morgan fingerprint density at radius 3 is 2.47 bits per heavy atom. The van der Waals surface area contributed by atoms with Crippen molar-refractivity contribution in [2.45, 2.75) is 26.2 Å². The lowest BCUT2D eigenvalue weighted by molar-refractivity contribution is -0.132. The fraction of sp³-hybridized carbons (Fsp3) is 0.562. The largest absolute Gasteiger partial charge is 0.484 e. The summed E-state index contributed by atoms with van der Waals surface area (Å²) in [5.74, 6) is 2.42. The molecule has 3 heteroatoms. The summed E-state index contributed by atoms with van der Waals surface area (Å²) in [6.07, 6.45) is 3.94. The number of hydrogen-bond donors (Lipinski definition) is 0. The number of rotatable bonds is 3. The molecule has 0 radical (unpaired) electrons. The first-order valence-corrected chi connectivity index (χ1v) is 7.19. The SMILES string of the molecule is Cc1ccc(OCC(=O)N2CC3CCCC3C2)cc1. The van der Waals surface area contributed by atoms with Crippen LogP contribution in [0.2, 0.25) is 0 Å². The zero-order valence-electron chi connectivity index (χ0n) is 11.5. The highest BCUT2D eigenvalue weighted by atomic mass is 16.5. The van der Waals surface area contributed by atoms with Crippen LogP contribution < -0.4 is 4.74 Å². The van der Waals surface area contributed by atoms with E-state index in [1.807, 2.05) is 36.1 Å². The summed E-state index contributed by atoms with van der Waals surface area (Å²) < 4.78 is 5.57. The smallest absolute Gasteiger partial charge is 0.260 e. The quantitative estimate of drug-likeness (QED) is 0.835. The number of likely N-dealkylation sites (tertiary alicyclic amines) is 1. The number of aryl methyl sites for hydroxylation is 1. The number of carbonyl (C=O) groups excluding carboxylic acids is 1. The van der Waals surface area contributed by atoms with E-state index in [1.165, 1.54) is 24.8 Å². The summed E-state index contributed by atoms with van der Waals surface area (Å²) in [5, 5.41) is 0. The lowest BCUT2D eigenvalue weighted by Gasteiger charge is -2.17. The number of hydrogen-bond acceptors (Lipinski definition) is 2. The van der Waals surface area contributed by atoms with Crippen LogP contribution in [0.25, 0.3) is 0 Å². The zero-order valence-corrected chi connectivity index (χ0v) is 11.5. The van der Waals surface area contributed by atoms with Crippen LogP contribution in [0.3, 0.4) is 0 Å². The van der Waals surface area contributed by atoms with Gasteiger partial charge in [-0.25, -0.2) is 0 Å². The van der Waals surface area contributed by atoms with Gasteiger partial charge in [-0.3, -0.25) is 4.79 Å². The fourth-order valence-electron chi connectivity index (χ4n) is 3.31. The third-order valence-corrected chi connectivity index (χ3v) is 4.46. The van der Waals surface area contributed by atoms with Crippen LogP contribution in [-0.2, 0) is 4.79 Å². The Hall–Kier alpha value is -1.51. The third-order valence-electron chi connectivity index (χ3n) is 4.46. The molecule has 1 aromatic carbocycles. The van der Waals surface area contributed by atoms with E-state index in [4.69, 9.17) is 4.74 Å². The van der Waals surface area contributed by atoms with E-state index in [9.17, 15) is 4.79 Å². The van der Waals surface area contributed by atoms with Crippen molar-refractivity contribution < 1.29 is 9.53 Å². The van der Waals surface area contributed by atoms with Gasteiger partial charge in [0.05, 0.1) is 0 Å². The van der Waals surface area contributed by atoms with E-state index in [0.29, 0.717) is 0 Å². The highest BCUT2D eigenvalue weighted by molar-refractivity contribution is 5.78. The molecule has 1 aliphatic carbocycles. The van der Waals surface area contributed by atoms with Crippen LogP contribution >= 0.6 is 0 Å². The van der Waals surface area contributed by atoms with Crippen molar-refractivity contribution in [3.8, 4) is 5.75 Å². The first-order valence-electron chi connectivity index (χ1n) is 7.19. The van der Waals surface area contributed by atoms with Gasteiger partial charge in [0.2, 0.25) is 0 Å². The number of benzene rings is 1.